The van der Waals surface area contributed by atoms with Gasteiger partial charge in [-0.05, 0) is 42.0 Å². The van der Waals surface area contributed by atoms with Crippen molar-refractivity contribution in [2.45, 2.75) is 31.8 Å². The maximum absolute atomic E-state index is 12.9. The van der Waals surface area contributed by atoms with Crippen molar-refractivity contribution in [2.75, 3.05) is 21.3 Å². The van der Waals surface area contributed by atoms with E-state index >= 15 is 0 Å². The summed E-state index contributed by atoms with van der Waals surface area (Å²) in [5, 5.41) is 2.05. The Balaban J connectivity index is 1.79. The largest absolute Gasteiger partial charge is 0.493 e. The Labute approximate surface area is 152 Å². The van der Waals surface area contributed by atoms with Gasteiger partial charge in [0, 0.05) is 10.9 Å². The van der Waals surface area contributed by atoms with Crippen LogP contribution in [0.1, 0.15) is 23.3 Å². The first kappa shape index (κ1) is 17.6. The van der Waals surface area contributed by atoms with Gasteiger partial charge < -0.3 is 19.1 Å². The molecule has 5 nitrogen and oxygen atoms in total. The van der Waals surface area contributed by atoms with Crippen molar-refractivity contribution >= 4 is 17.2 Å². The molecule has 0 spiro atoms. The summed E-state index contributed by atoms with van der Waals surface area (Å²) in [7, 11) is 4.73. The van der Waals surface area contributed by atoms with Crippen LogP contribution in [0.15, 0.2) is 29.6 Å². The molecule has 0 N–H and O–H groups in total. The van der Waals surface area contributed by atoms with Gasteiger partial charge >= 0.3 is 0 Å². The summed E-state index contributed by atoms with van der Waals surface area (Å²) in [5.74, 6) is 1.81. The highest BCUT2D eigenvalue weighted by Crippen LogP contribution is 2.38. The number of hydrogen-bond acceptors (Lipinski definition) is 5. The number of nitrogens with zero attached hydrogens (tertiary/aromatic N) is 1. The van der Waals surface area contributed by atoms with Crippen molar-refractivity contribution in [3.8, 4) is 17.2 Å². The van der Waals surface area contributed by atoms with Crippen molar-refractivity contribution in [3.63, 3.8) is 0 Å². The van der Waals surface area contributed by atoms with Gasteiger partial charge in [0.1, 0.15) is 0 Å². The average molecular weight is 361 g/mol. The lowest BCUT2D eigenvalue weighted by atomic mass is 10.1. The second-order valence-electron chi connectivity index (χ2n) is 6.04. The van der Waals surface area contributed by atoms with Gasteiger partial charge in [-0.25, -0.2) is 0 Å². The molecule has 1 aromatic heterocycles. The zero-order valence-corrected chi connectivity index (χ0v) is 15.6. The van der Waals surface area contributed by atoms with Gasteiger partial charge in [-0.3, -0.25) is 4.79 Å². The Bertz CT molecular complexity index is 700. The molecule has 0 radical (unpaired) electrons. The van der Waals surface area contributed by atoms with Crippen molar-refractivity contribution < 1.29 is 19.0 Å². The molecule has 1 aliphatic carbocycles. The average Bonchev–Trinajstić information content (AvgIpc) is 3.34. The standard InChI is InChI=1S/C19H23NO4S/c1-22-16-9-13(10-17(23-2)19(16)24-3)11-18(21)20(14-6-7-14)12-15-5-4-8-25-15/h4-5,8-10,14H,6-7,11-12H2,1-3H3. The Morgan fingerprint density at radius 1 is 1.16 bits per heavy atom. The number of hydrogen-bond donors (Lipinski definition) is 0. The molecule has 25 heavy (non-hydrogen) atoms. The topological polar surface area (TPSA) is 48.0 Å². The fourth-order valence-electron chi connectivity index (χ4n) is 2.89. The quantitative estimate of drug-likeness (QED) is 0.722. The minimum atomic E-state index is 0.130. The summed E-state index contributed by atoms with van der Waals surface area (Å²) in [6.45, 7) is 0.686. The molecular formula is C19H23NO4S. The Kier molecular flexibility index (Phi) is 5.48. The molecule has 6 heteroatoms. The third-order valence-electron chi connectivity index (χ3n) is 4.29. The Morgan fingerprint density at radius 2 is 1.84 bits per heavy atom. The maximum atomic E-state index is 12.9. The van der Waals surface area contributed by atoms with E-state index < -0.39 is 0 Å². The predicted octanol–water partition coefficient (Wildman–Crippen LogP) is 3.51. The van der Waals surface area contributed by atoms with E-state index in [0.717, 1.165) is 18.4 Å². The molecule has 134 valence electrons. The van der Waals surface area contributed by atoms with E-state index in [1.165, 1.54) is 4.88 Å². The van der Waals surface area contributed by atoms with Crippen molar-refractivity contribution in [2.24, 2.45) is 0 Å². The smallest absolute Gasteiger partial charge is 0.227 e. The van der Waals surface area contributed by atoms with Crippen LogP contribution in [0.5, 0.6) is 17.2 Å². The molecule has 3 rings (SSSR count). The van der Waals surface area contributed by atoms with Crippen LogP contribution < -0.4 is 14.2 Å². The normalized spacial score (nSPS) is 13.4. The maximum Gasteiger partial charge on any atom is 0.227 e. The van der Waals surface area contributed by atoms with E-state index in [2.05, 4.69) is 6.07 Å². The van der Waals surface area contributed by atoms with Crippen molar-refractivity contribution in [1.82, 2.24) is 4.90 Å². The van der Waals surface area contributed by atoms with Gasteiger partial charge in [0.25, 0.3) is 0 Å². The molecule has 1 amide bonds. The Hall–Kier alpha value is -2.21. The number of carbonyl (C=O) groups is 1. The summed E-state index contributed by atoms with van der Waals surface area (Å²) in [6.07, 6.45) is 2.50. The van der Waals surface area contributed by atoms with E-state index in [1.54, 1.807) is 32.7 Å². The third-order valence-corrected chi connectivity index (χ3v) is 5.16. The van der Waals surface area contributed by atoms with Crippen molar-refractivity contribution in [3.05, 3.63) is 40.1 Å². The van der Waals surface area contributed by atoms with E-state index in [9.17, 15) is 4.79 Å². The lowest BCUT2D eigenvalue weighted by Gasteiger charge is -2.22. The second-order valence-corrected chi connectivity index (χ2v) is 7.07. The van der Waals surface area contributed by atoms with E-state index in [-0.39, 0.29) is 5.91 Å². The van der Waals surface area contributed by atoms with Gasteiger partial charge in [-0.2, -0.15) is 0 Å². The minimum Gasteiger partial charge on any atom is -0.493 e. The number of amides is 1. The van der Waals surface area contributed by atoms with Crippen molar-refractivity contribution in [1.29, 1.82) is 0 Å². The van der Waals surface area contributed by atoms with Crippen LogP contribution in [-0.2, 0) is 17.8 Å². The minimum absolute atomic E-state index is 0.130. The predicted molar refractivity (Wildman–Crippen MR) is 97.7 cm³/mol. The third kappa shape index (κ3) is 4.07. The monoisotopic (exact) mass is 361 g/mol. The fraction of sp³-hybridized carbons (Fsp3) is 0.421. The van der Waals surface area contributed by atoms with E-state index in [0.29, 0.717) is 36.3 Å². The molecule has 0 aliphatic heterocycles. The highest BCUT2D eigenvalue weighted by molar-refractivity contribution is 7.09. The molecule has 1 heterocycles. The van der Waals surface area contributed by atoms with E-state index in [1.807, 2.05) is 28.5 Å². The first-order valence-corrected chi connectivity index (χ1v) is 9.15. The van der Waals surface area contributed by atoms with Gasteiger partial charge in [-0.15, -0.1) is 11.3 Å². The summed E-state index contributed by atoms with van der Waals surface area (Å²) in [6, 6.07) is 8.16. The molecule has 0 unspecified atom stereocenters. The zero-order chi connectivity index (χ0) is 17.8. The van der Waals surface area contributed by atoms with Crippen LogP contribution in [0, 0.1) is 0 Å². The van der Waals surface area contributed by atoms with Gasteiger partial charge in [0.2, 0.25) is 11.7 Å². The van der Waals surface area contributed by atoms with Gasteiger partial charge in [-0.1, -0.05) is 6.07 Å². The number of ether oxygens (including phenoxy) is 3. The van der Waals surface area contributed by atoms with Crippen LogP contribution in [0.4, 0.5) is 0 Å². The highest BCUT2D eigenvalue weighted by atomic mass is 32.1. The molecule has 1 saturated carbocycles. The van der Waals surface area contributed by atoms with Gasteiger partial charge in [0.15, 0.2) is 11.5 Å². The number of benzene rings is 1. The molecule has 0 bridgehead atoms. The van der Waals surface area contributed by atoms with Gasteiger partial charge in [0.05, 0.1) is 34.3 Å². The molecule has 1 fully saturated rings. The summed E-state index contributed by atoms with van der Waals surface area (Å²) in [5.41, 5.74) is 0.858. The number of carbonyl (C=O) groups excluding carboxylic acids is 1. The summed E-state index contributed by atoms with van der Waals surface area (Å²) >= 11 is 1.69. The SMILES string of the molecule is COc1cc(CC(=O)N(Cc2cccs2)C2CC2)cc(OC)c1OC. The summed E-state index contributed by atoms with van der Waals surface area (Å²) < 4.78 is 16.1. The van der Waals surface area contributed by atoms with Crippen LogP contribution >= 0.6 is 11.3 Å². The number of rotatable bonds is 8. The highest BCUT2D eigenvalue weighted by Gasteiger charge is 2.32. The van der Waals surface area contributed by atoms with Crippen LogP contribution in [0.3, 0.4) is 0 Å². The molecular weight excluding hydrogens is 338 g/mol. The number of methoxy groups -OCH3 is 3. The fourth-order valence-corrected chi connectivity index (χ4v) is 3.59. The molecule has 0 saturated heterocycles. The molecule has 2 aromatic rings. The first-order valence-electron chi connectivity index (χ1n) is 8.27. The van der Waals surface area contributed by atoms with Crippen LogP contribution in [0.25, 0.3) is 0 Å². The lowest BCUT2D eigenvalue weighted by Crippen LogP contribution is -2.33. The second kappa shape index (κ2) is 7.78. The lowest BCUT2D eigenvalue weighted by molar-refractivity contribution is -0.131. The van der Waals surface area contributed by atoms with E-state index in [4.69, 9.17) is 14.2 Å². The summed E-state index contributed by atoms with van der Waals surface area (Å²) in [4.78, 5) is 16.1. The first-order chi connectivity index (χ1) is 12.2. The number of thiophene rings is 1. The molecule has 1 aromatic carbocycles. The molecule has 0 atom stereocenters. The zero-order valence-electron chi connectivity index (χ0n) is 14.8. The molecule has 1 aliphatic rings. The van der Waals surface area contributed by atoms with Crippen LogP contribution in [-0.4, -0.2) is 38.2 Å². The van der Waals surface area contributed by atoms with Crippen LogP contribution in [0.2, 0.25) is 0 Å². The Morgan fingerprint density at radius 3 is 2.32 bits per heavy atom.